The molecule has 19 heavy (non-hydrogen) atoms. The first kappa shape index (κ1) is 16.4. The first-order valence-electron chi connectivity index (χ1n) is 7.38. The van der Waals surface area contributed by atoms with Gasteiger partial charge < -0.3 is 20.1 Å². The molecule has 1 aliphatic rings. The molecule has 0 aliphatic carbocycles. The minimum atomic E-state index is -0.380. The second-order valence-corrected chi connectivity index (χ2v) is 5.21. The van der Waals surface area contributed by atoms with Crippen LogP contribution < -0.4 is 5.32 Å². The molecule has 2 unspecified atom stereocenters. The zero-order chi connectivity index (χ0) is 14.3. The standard InChI is InChI=1S/C14H28N2O3/c1-4-12(5-2)13(17)10-15-11(3)14(18)16-6-8-19-9-7-16/h11-13,15,17H,4-10H2,1-3H3. The molecular formula is C14H28N2O3. The molecule has 0 aromatic heterocycles. The molecular weight excluding hydrogens is 244 g/mol. The largest absolute Gasteiger partial charge is 0.392 e. The fourth-order valence-corrected chi connectivity index (χ4v) is 2.44. The lowest BCUT2D eigenvalue weighted by Gasteiger charge is -2.30. The highest BCUT2D eigenvalue weighted by molar-refractivity contribution is 5.81. The number of amides is 1. The molecule has 0 spiro atoms. The molecule has 2 N–H and O–H groups in total. The number of ether oxygens (including phenoxy) is 1. The van der Waals surface area contributed by atoms with Crippen LogP contribution in [0, 0.1) is 5.92 Å². The van der Waals surface area contributed by atoms with Crippen LogP contribution in [0.2, 0.25) is 0 Å². The van der Waals surface area contributed by atoms with Crippen molar-refractivity contribution >= 4 is 5.91 Å². The van der Waals surface area contributed by atoms with E-state index in [4.69, 9.17) is 4.74 Å². The van der Waals surface area contributed by atoms with Crippen molar-refractivity contribution in [1.82, 2.24) is 10.2 Å². The molecule has 5 nitrogen and oxygen atoms in total. The molecule has 0 radical (unpaired) electrons. The molecule has 0 bridgehead atoms. The van der Waals surface area contributed by atoms with Crippen molar-refractivity contribution in [2.45, 2.75) is 45.8 Å². The summed E-state index contributed by atoms with van der Waals surface area (Å²) in [5, 5.41) is 13.2. The number of hydrogen-bond acceptors (Lipinski definition) is 4. The van der Waals surface area contributed by atoms with E-state index in [9.17, 15) is 9.90 Å². The van der Waals surface area contributed by atoms with Gasteiger partial charge in [0.25, 0.3) is 0 Å². The van der Waals surface area contributed by atoms with Crippen LogP contribution in [0.25, 0.3) is 0 Å². The number of rotatable bonds is 7. The molecule has 0 aromatic carbocycles. The quantitative estimate of drug-likeness (QED) is 0.713. The van der Waals surface area contributed by atoms with Crippen LogP contribution in [0.1, 0.15) is 33.6 Å². The predicted octanol–water partition coefficient (Wildman–Crippen LogP) is 0.620. The lowest BCUT2D eigenvalue weighted by molar-refractivity contribution is -0.137. The number of nitrogens with zero attached hydrogens (tertiary/aromatic N) is 1. The van der Waals surface area contributed by atoms with Gasteiger partial charge in [-0.15, -0.1) is 0 Å². The number of hydrogen-bond donors (Lipinski definition) is 2. The van der Waals surface area contributed by atoms with E-state index in [1.54, 1.807) is 0 Å². The molecule has 0 aromatic rings. The molecule has 112 valence electrons. The highest BCUT2D eigenvalue weighted by Crippen LogP contribution is 2.12. The molecule has 0 saturated carbocycles. The maximum absolute atomic E-state index is 12.1. The monoisotopic (exact) mass is 272 g/mol. The summed E-state index contributed by atoms with van der Waals surface area (Å²) in [5.74, 6) is 0.401. The molecule has 1 rings (SSSR count). The second-order valence-electron chi connectivity index (χ2n) is 5.21. The third kappa shape index (κ3) is 5.09. The summed E-state index contributed by atoms with van der Waals surface area (Å²) in [7, 11) is 0. The maximum atomic E-state index is 12.1. The normalized spacial score (nSPS) is 19.5. The smallest absolute Gasteiger partial charge is 0.239 e. The lowest BCUT2D eigenvalue weighted by atomic mass is 9.96. The van der Waals surface area contributed by atoms with E-state index in [0.29, 0.717) is 38.8 Å². The Labute approximate surface area is 116 Å². The highest BCUT2D eigenvalue weighted by atomic mass is 16.5. The van der Waals surface area contributed by atoms with Crippen LogP contribution in [-0.2, 0) is 9.53 Å². The second kappa shape index (κ2) is 8.51. The summed E-state index contributed by atoms with van der Waals surface area (Å²) in [5.41, 5.74) is 0. The minimum absolute atomic E-state index is 0.0973. The van der Waals surface area contributed by atoms with E-state index in [0.717, 1.165) is 12.8 Å². The first-order valence-corrected chi connectivity index (χ1v) is 7.38. The highest BCUT2D eigenvalue weighted by Gasteiger charge is 2.23. The van der Waals surface area contributed by atoms with Crippen LogP contribution in [0.15, 0.2) is 0 Å². The summed E-state index contributed by atoms with van der Waals surface area (Å²) in [6, 6.07) is -0.248. The summed E-state index contributed by atoms with van der Waals surface area (Å²) < 4.78 is 5.23. The Hall–Kier alpha value is -0.650. The maximum Gasteiger partial charge on any atom is 0.239 e. The molecule has 1 aliphatic heterocycles. The van der Waals surface area contributed by atoms with Crippen molar-refractivity contribution in [1.29, 1.82) is 0 Å². The predicted molar refractivity (Wildman–Crippen MR) is 74.9 cm³/mol. The van der Waals surface area contributed by atoms with Crippen LogP contribution in [-0.4, -0.2) is 60.9 Å². The Bertz CT molecular complexity index is 263. The third-order valence-corrected chi connectivity index (χ3v) is 3.92. The van der Waals surface area contributed by atoms with Crippen LogP contribution >= 0.6 is 0 Å². The summed E-state index contributed by atoms with van der Waals surface area (Å²) in [6.45, 7) is 9.07. The van der Waals surface area contributed by atoms with Gasteiger partial charge >= 0.3 is 0 Å². The number of aliphatic hydroxyl groups is 1. The van der Waals surface area contributed by atoms with Gasteiger partial charge in [-0.3, -0.25) is 4.79 Å². The Morgan fingerprint density at radius 3 is 2.42 bits per heavy atom. The van der Waals surface area contributed by atoms with E-state index in [2.05, 4.69) is 19.2 Å². The van der Waals surface area contributed by atoms with Crippen molar-refractivity contribution in [3.8, 4) is 0 Å². The Balaban J connectivity index is 2.33. The number of aliphatic hydroxyl groups excluding tert-OH is 1. The van der Waals surface area contributed by atoms with Crippen LogP contribution in [0.4, 0.5) is 0 Å². The van der Waals surface area contributed by atoms with Gasteiger partial charge in [0.15, 0.2) is 0 Å². The molecule has 1 heterocycles. The first-order chi connectivity index (χ1) is 9.10. The van der Waals surface area contributed by atoms with Gasteiger partial charge in [0.1, 0.15) is 0 Å². The number of carbonyl (C=O) groups is 1. The Kier molecular flexibility index (Phi) is 7.34. The summed E-state index contributed by atoms with van der Waals surface area (Å²) in [6.07, 6.45) is 1.55. The van der Waals surface area contributed by atoms with E-state index in [-0.39, 0.29) is 18.1 Å². The van der Waals surface area contributed by atoms with Crippen LogP contribution in [0.5, 0.6) is 0 Å². The van der Waals surface area contributed by atoms with Crippen molar-refractivity contribution in [3.05, 3.63) is 0 Å². The van der Waals surface area contributed by atoms with E-state index in [1.165, 1.54) is 0 Å². The molecule has 2 atom stereocenters. The SMILES string of the molecule is CCC(CC)C(O)CNC(C)C(=O)N1CCOCC1. The van der Waals surface area contributed by atoms with Gasteiger partial charge in [-0.05, 0) is 12.8 Å². The topological polar surface area (TPSA) is 61.8 Å². The van der Waals surface area contributed by atoms with Crippen LogP contribution in [0.3, 0.4) is 0 Å². The number of morpholine rings is 1. The zero-order valence-electron chi connectivity index (χ0n) is 12.4. The van der Waals surface area contributed by atoms with Crippen molar-refractivity contribution < 1.29 is 14.6 Å². The van der Waals surface area contributed by atoms with Gasteiger partial charge in [-0.25, -0.2) is 0 Å². The fraction of sp³-hybridized carbons (Fsp3) is 0.929. The average Bonchev–Trinajstić information content (AvgIpc) is 2.46. The van der Waals surface area contributed by atoms with Gasteiger partial charge in [-0.1, -0.05) is 26.7 Å². The average molecular weight is 272 g/mol. The van der Waals surface area contributed by atoms with Gasteiger partial charge in [0, 0.05) is 19.6 Å². The molecule has 5 heteroatoms. The van der Waals surface area contributed by atoms with E-state index >= 15 is 0 Å². The lowest BCUT2D eigenvalue weighted by Crippen LogP contribution is -2.50. The Morgan fingerprint density at radius 1 is 1.32 bits per heavy atom. The van der Waals surface area contributed by atoms with Gasteiger partial charge in [0.2, 0.25) is 5.91 Å². The van der Waals surface area contributed by atoms with Crippen molar-refractivity contribution in [2.24, 2.45) is 5.92 Å². The number of nitrogens with one attached hydrogen (secondary N) is 1. The fourth-order valence-electron chi connectivity index (χ4n) is 2.44. The minimum Gasteiger partial charge on any atom is -0.392 e. The van der Waals surface area contributed by atoms with Gasteiger partial charge in [0.05, 0.1) is 25.4 Å². The third-order valence-electron chi connectivity index (χ3n) is 3.92. The van der Waals surface area contributed by atoms with Crippen molar-refractivity contribution in [2.75, 3.05) is 32.8 Å². The summed E-state index contributed by atoms with van der Waals surface area (Å²) in [4.78, 5) is 14.0. The molecule has 1 fully saturated rings. The zero-order valence-corrected chi connectivity index (χ0v) is 12.4. The van der Waals surface area contributed by atoms with Crippen molar-refractivity contribution in [3.63, 3.8) is 0 Å². The Morgan fingerprint density at radius 2 is 1.89 bits per heavy atom. The summed E-state index contributed by atoms with van der Waals surface area (Å²) >= 11 is 0. The molecule has 1 saturated heterocycles. The van der Waals surface area contributed by atoms with E-state index < -0.39 is 0 Å². The van der Waals surface area contributed by atoms with Gasteiger partial charge in [-0.2, -0.15) is 0 Å². The molecule has 1 amide bonds. The van der Waals surface area contributed by atoms with E-state index in [1.807, 2.05) is 11.8 Å². The number of carbonyl (C=O) groups excluding carboxylic acids is 1.